The first kappa shape index (κ1) is 19.6. The lowest BCUT2D eigenvalue weighted by atomic mass is 9.92. The molecule has 0 spiro atoms. The molecule has 1 aliphatic rings. The molecule has 0 bridgehead atoms. The summed E-state index contributed by atoms with van der Waals surface area (Å²) in [6.45, 7) is 1.70. The zero-order chi connectivity index (χ0) is 19.2. The zero-order valence-corrected chi connectivity index (χ0v) is 16.8. The number of methoxy groups -OCH3 is 1. The number of rotatable bonds is 7. The van der Waals surface area contributed by atoms with Crippen LogP contribution in [0.3, 0.4) is 0 Å². The van der Waals surface area contributed by atoms with Gasteiger partial charge in [-0.3, -0.25) is 14.9 Å². The molecule has 1 aliphatic carbocycles. The van der Waals surface area contributed by atoms with Crippen LogP contribution in [0.5, 0.6) is 5.75 Å². The molecule has 1 atom stereocenters. The van der Waals surface area contributed by atoms with Gasteiger partial charge in [-0.2, -0.15) is 0 Å². The highest BCUT2D eigenvalue weighted by Crippen LogP contribution is 2.27. The quantitative estimate of drug-likeness (QED) is 0.428. The number of nitrogens with zero attached hydrogens (tertiary/aromatic N) is 2. The molecule has 1 heterocycles. The van der Waals surface area contributed by atoms with Crippen molar-refractivity contribution in [2.45, 2.75) is 43.1 Å². The van der Waals surface area contributed by atoms with Crippen LogP contribution in [0.25, 0.3) is 0 Å². The number of hydrogen-bond acceptors (Lipinski definition) is 8. The van der Waals surface area contributed by atoms with E-state index in [2.05, 4.69) is 26.3 Å². The highest BCUT2D eigenvalue weighted by Gasteiger charge is 2.18. The van der Waals surface area contributed by atoms with E-state index in [0.717, 1.165) is 12.8 Å². The molecule has 9 heteroatoms. The van der Waals surface area contributed by atoms with Gasteiger partial charge in [0.2, 0.25) is 5.13 Å². The van der Waals surface area contributed by atoms with Crippen molar-refractivity contribution in [3.63, 3.8) is 0 Å². The molecule has 27 heavy (non-hydrogen) atoms. The Balaban J connectivity index is 1.53. The number of carbonyl (C=O) groups is 2. The minimum Gasteiger partial charge on any atom is -0.481 e. The van der Waals surface area contributed by atoms with Crippen LogP contribution in [0.4, 0.5) is 5.13 Å². The zero-order valence-electron chi connectivity index (χ0n) is 15.2. The number of anilines is 1. The number of thioether (sulfide) groups is 1. The first-order valence-corrected chi connectivity index (χ1v) is 10.5. The lowest BCUT2D eigenvalue weighted by Crippen LogP contribution is -2.30. The average Bonchev–Trinajstić information content (AvgIpc) is 3.13. The van der Waals surface area contributed by atoms with Crippen LogP contribution in [-0.4, -0.2) is 41.0 Å². The summed E-state index contributed by atoms with van der Waals surface area (Å²) in [6, 6.07) is 6.04. The summed E-state index contributed by atoms with van der Waals surface area (Å²) in [4.78, 5) is 23.5. The van der Waals surface area contributed by atoms with Gasteiger partial charge in [-0.25, -0.2) is 0 Å². The standard InChI is InChI=1S/C18H21N3O4S2/c1-11(25-14-8-7-12-5-3-4-6-13(12)9-14)16(23)19-17-20-21-18(27-17)26-10-15(22)24-2/h7-9,11H,3-6,10H2,1-2H3,(H,19,20,23)/t11-/m0/s1. The maximum Gasteiger partial charge on any atom is 0.316 e. The van der Waals surface area contributed by atoms with Crippen molar-refractivity contribution in [3.8, 4) is 5.75 Å². The number of fused-ring (bicyclic) bond motifs is 1. The average molecular weight is 408 g/mol. The maximum atomic E-state index is 12.3. The fraction of sp³-hybridized carbons (Fsp3) is 0.444. The Morgan fingerprint density at radius 3 is 2.81 bits per heavy atom. The molecule has 7 nitrogen and oxygen atoms in total. The number of esters is 1. The number of aromatic nitrogens is 2. The van der Waals surface area contributed by atoms with E-state index in [0.29, 0.717) is 15.2 Å². The lowest BCUT2D eigenvalue weighted by Gasteiger charge is -2.18. The topological polar surface area (TPSA) is 90.4 Å². The number of amides is 1. The molecule has 0 unspecified atom stereocenters. The van der Waals surface area contributed by atoms with Gasteiger partial charge in [-0.1, -0.05) is 29.2 Å². The van der Waals surface area contributed by atoms with Crippen molar-refractivity contribution in [1.29, 1.82) is 0 Å². The van der Waals surface area contributed by atoms with Crippen molar-refractivity contribution >= 4 is 40.1 Å². The second-order valence-corrected chi connectivity index (χ2v) is 8.32. The van der Waals surface area contributed by atoms with Crippen molar-refractivity contribution < 1.29 is 19.1 Å². The largest absolute Gasteiger partial charge is 0.481 e. The molecule has 0 saturated carbocycles. The highest BCUT2D eigenvalue weighted by atomic mass is 32.2. The first-order chi connectivity index (χ1) is 13.0. The third kappa shape index (κ3) is 5.43. The summed E-state index contributed by atoms with van der Waals surface area (Å²) >= 11 is 2.41. The summed E-state index contributed by atoms with van der Waals surface area (Å²) in [5.74, 6) is 0.211. The van der Waals surface area contributed by atoms with Gasteiger partial charge in [-0.15, -0.1) is 10.2 Å². The molecule has 0 aliphatic heterocycles. The molecule has 1 aromatic heterocycles. The first-order valence-electron chi connectivity index (χ1n) is 8.67. The van der Waals surface area contributed by atoms with E-state index in [1.807, 2.05) is 12.1 Å². The van der Waals surface area contributed by atoms with E-state index < -0.39 is 6.10 Å². The molecule has 1 aromatic carbocycles. The van der Waals surface area contributed by atoms with E-state index >= 15 is 0 Å². The second-order valence-electron chi connectivity index (χ2n) is 6.12. The van der Waals surface area contributed by atoms with Crippen LogP contribution in [0.1, 0.15) is 30.9 Å². The van der Waals surface area contributed by atoms with Crippen molar-refractivity contribution in [3.05, 3.63) is 29.3 Å². The molecular weight excluding hydrogens is 386 g/mol. The fourth-order valence-electron chi connectivity index (χ4n) is 2.75. The molecule has 3 rings (SSSR count). The number of nitrogens with one attached hydrogen (secondary N) is 1. The number of ether oxygens (including phenoxy) is 2. The molecule has 2 aromatic rings. The third-order valence-electron chi connectivity index (χ3n) is 4.18. The van der Waals surface area contributed by atoms with Crippen LogP contribution < -0.4 is 10.1 Å². The Kier molecular flexibility index (Phi) is 6.68. The Labute approximate surface area is 165 Å². The van der Waals surface area contributed by atoms with Crippen LogP contribution in [0.2, 0.25) is 0 Å². The molecule has 144 valence electrons. The van der Waals surface area contributed by atoms with Crippen LogP contribution in [0, 0.1) is 0 Å². The van der Waals surface area contributed by atoms with Gasteiger partial charge >= 0.3 is 5.97 Å². The number of carbonyl (C=O) groups excluding carboxylic acids is 2. The van der Waals surface area contributed by atoms with Crippen molar-refractivity contribution in [2.24, 2.45) is 0 Å². The second kappa shape index (κ2) is 9.18. The smallest absolute Gasteiger partial charge is 0.316 e. The number of benzene rings is 1. The number of hydrogen-bond donors (Lipinski definition) is 1. The molecule has 1 amide bonds. The van der Waals surface area contributed by atoms with Crippen molar-refractivity contribution in [1.82, 2.24) is 10.2 Å². The van der Waals surface area contributed by atoms with Gasteiger partial charge in [0, 0.05) is 0 Å². The Morgan fingerprint density at radius 2 is 2.04 bits per heavy atom. The molecule has 0 saturated heterocycles. The minimum atomic E-state index is -0.665. The summed E-state index contributed by atoms with van der Waals surface area (Å²) in [7, 11) is 1.33. The summed E-state index contributed by atoms with van der Waals surface area (Å²) in [6.07, 6.45) is 3.93. The summed E-state index contributed by atoms with van der Waals surface area (Å²) in [5, 5.41) is 10.9. The predicted molar refractivity (Wildman–Crippen MR) is 104 cm³/mol. The van der Waals surface area contributed by atoms with Gasteiger partial charge in [0.05, 0.1) is 12.9 Å². The predicted octanol–water partition coefficient (Wildman–Crippen LogP) is 3.09. The van der Waals surface area contributed by atoms with E-state index in [4.69, 9.17) is 4.74 Å². The van der Waals surface area contributed by atoms with Gasteiger partial charge in [0.1, 0.15) is 5.75 Å². The van der Waals surface area contributed by atoms with Crippen LogP contribution >= 0.6 is 23.1 Å². The van der Waals surface area contributed by atoms with E-state index in [-0.39, 0.29) is 17.6 Å². The fourth-order valence-corrected chi connectivity index (χ4v) is 4.33. The van der Waals surface area contributed by atoms with Gasteiger partial charge < -0.3 is 9.47 Å². The van der Waals surface area contributed by atoms with Crippen LogP contribution in [0.15, 0.2) is 22.5 Å². The monoisotopic (exact) mass is 407 g/mol. The normalized spacial score (nSPS) is 14.1. The molecule has 1 N–H and O–H groups in total. The van der Waals surface area contributed by atoms with Crippen LogP contribution in [-0.2, 0) is 27.2 Å². The van der Waals surface area contributed by atoms with E-state index in [9.17, 15) is 9.59 Å². The summed E-state index contributed by atoms with van der Waals surface area (Å²) < 4.78 is 11.0. The third-order valence-corrected chi connectivity index (χ3v) is 6.13. The number of aryl methyl sites for hydroxylation is 2. The van der Waals surface area contributed by atoms with Gasteiger partial charge in [0.25, 0.3) is 5.91 Å². The molecule has 0 radical (unpaired) electrons. The minimum absolute atomic E-state index is 0.150. The van der Waals surface area contributed by atoms with Gasteiger partial charge in [0.15, 0.2) is 10.4 Å². The highest BCUT2D eigenvalue weighted by molar-refractivity contribution is 8.01. The molecular formula is C18H21N3O4S2. The Hall–Kier alpha value is -2.13. The molecule has 0 fully saturated rings. The lowest BCUT2D eigenvalue weighted by molar-refractivity contribution is -0.137. The SMILES string of the molecule is COC(=O)CSc1nnc(NC(=O)[C@H](C)Oc2ccc3c(c2)CCCC3)s1. The maximum absolute atomic E-state index is 12.3. The van der Waals surface area contributed by atoms with Gasteiger partial charge in [-0.05, 0) is 55.9 Å². The Morgan fingerprint density at radius 1 is 1.26 bits per heavy atom. The van der Waals surface area contributed by atoms with E-state index in [1.54, 1.807) is 6.92 Å². The Bertz CT molecular complexity index is 825. The van der Waals surface area contributed by atoms with Crippen molar-refractivity contribution in [2.75, 3.05) is 18.2 Å². The van der Waals surface area contributed by atoms with E-state index in [1.165, 1.54) is 54.2 Å². The summed E-state index contributed by atoms with van der Waals surface area (Å²) in [5.41, 5.74) is 2.68.